The van der Waals surface area contributed by atoms with Crippen LogP contribution in [0.1, 0.15) is 16.1 Å². The molecule has 2 N–H and O–H groups in total. The van der Waals surface area contributed by atoms with Gasteiger partial charge in [0.25, 0.3) is 5.91 Å². The van der Waals surface area contributed by atoms with E-state index in [1.54, 1.807) is 37.4 Å². The molecule has 0 aliphatic rings. The Morgan fingerprint density at radius 3 is 2.46 bits per heavy atom. The highest BCUT2D eigenvalue weighted by molar-refractivity contribution is 6.31. The van der Waals surface area contributed by atoms with Gasteiger partial charge in [-0.25, -0.2) is 0 Å². The van der Waals surface area contributed by atoms with Crippen LogP contribution >= 0.6 is 11.6 Å². The Hall–Kier alpha value is -3.12. The highest BCUT2D eigenvalue weighted by Gasteiger charge is 2.10. The number of hydrogen-bond acceptors (Lipinski definition) is 5. The standard InChI is InChI=1S/C19H17ClN4O2/c1-12-3-6-14(7-4-12)21-19(25)15-8-10-18(24-23-15)22-16-11-13(20)5-9-17(16)26-2/h3-11H,1-2H3,(H,21,25)(H,22,24). The van der Waals surface area contributed by atoms with Crippen molar-refractivity contribution < 1.29 is 9.53 Å². The molecule has 132 valence electrons. The second-order valence-corrected chi connectivity index (χ2v) is 6.03. The third-order valence-electron chi connectivity index (χ3n) is 3.63. The summed E-state index contributed by atoms with van der Waals surface area (Å²) < 4.78 is 5.28. The molecular weight excluding hydrogens is 352 g/mol. The Morgan fingerprint density at radius 2 is 1.81 bits per heavy atom. The van der Waals surface area contributed by atoms with E-state index in [1.165, 1.54) is 0 Å². The van der Waals surface area contributed by atoms with Gasteiger partial charge in [0.05, 0.1) is 12.8 Å². The van der Waals surface area contributed by atoms with Gasteiger partial charge in [0.1, 0.15) is 5.75 Å². The summed E-state index contributed by atoms with van der Waals surface area (Å²) in [5.74, 6) is 0.767. The minimum Gasteiger partial charge on any atom is -0.495 e. The van der Waals surface area contributed by atoms with Gasteiger partial charge in [0.2, 0.25) is 0 Å². The summed E-state index contributed by atoms with van der Waals surface area (Å²) in [4.78, 5) is 12.2. The highest BCUT2D eigenvalue weighted by atomic mass is 35.5. The molecule has 7 heteroatoms. The van der Waals surface area contributed by atoms with E-state index < -0.39 is 0 Å². The summed E-state index contributed by atoms with van der Waals surface area (Å²) in [6.07, 6.45) is 0. The lowest BCUT2D eigenvalue weighted by Gasteiger charge is -2.11. The first-order valence-corrected chi connectivity index (χ1v) is 8.25. The van der Waals surface area contributed by atoms with Gasteiger partial charge in [-0.15, -0.1) is 10.2 Å². The van der Waals surface area contributed by atoms with Crippen molar-refractivity contribution >= 4 is 34.7 Å². The van der Waals surface area contributed by atoms with Gasteiger partial charge in [0, 0.05) is 10.7 Å². The van der Waals surface area contributed by atoms with Gasteiger partial charge in [0.15, 0.2) is 11.5 Å². The molecule has 0 fully saturated rings. The van der Waals surface area contributed by atoms with Crippen molar-refractivity contribution in [3.63, 3.8) is 0 Å². The maximum atomic E-state index is 12.2. The van der Waals surface area contributed by atoms with Crippen LogP contribution in [0.15, 0.2) is 54.6 Å². The zero-order chi connectivity index (χ0) is 18.5. The van der Waals surface area contributed by atoms with Gasteiger partial charge in [-0.05, 0) is 49.4 Å². The summed E-state index contributed by atoms with van der Waals surface area (Å²) in [5, 5.41) is 14.4. The predicted octanol–water partition coefficient (Wildman–Crippen LogP) is 4.44. The Kier molecular flexibility index (Phi) is 5.34. The van der Waals surface area contributed by atoms with Gasteiger partial charge in [-0.2, -0.15) is 0 Å². The molecule has 0 unspecified atom stereocenters. The molecule has 0 bridgehead atoms. The predicted molar refractivity (Wildman–Crippen MR) is 102 cm³/mol. The maximum absolute atomic E-state index is 12.2. The Balaban J connectivity index is 1.71. The minimum atomic E-state index is -0.326. The van der Waals surface area contributed by atoms with Crippen molar-refractivity contribution in [1.82, 2.24) is 10.2 Å². The molecule has 0 aliphatic carbocycles. The van der Waals surface area contributed by atoms with Crippen molar-refractivity contribution in [1.29, 1.82) is 0 Å². The Bertz CT molecular complexity index is 912. The number of rotatable bonds is 5. The van der Waals surface area contributed by atoms with Gasteiger partial charge >= 0.3 is 0 Å². The summed E-state index contributed by atoms with van der Waals surface area (Å²) in [5.41, 5.74) is 2.70. The smallest absolute Gasteiger partial charge is 0.276 e. The van der Waals surface area contributed by atoms with Crippen LogP contribution < -0.4 is 15.4 Å². The quantitative estimate of drug-likeness (QED) is 0.696. The fourth-order valence-electron chi connectivity index (χ4n) is 2.27. The zero-order valence-corrected chi connectivity index (χ0v) is 15.0. The molecular formula is C19H17ClN4O2. The molecule has 3 rings (SSSR count). The molecule has 0 aliphatic heterocycles. The van der Waals surface area contributed by atoms with Crippen molar-refractivity contribution in [3.05, 3.63) is 70.9 Å². The van der Waals surface area contributed by atoms with Crippen LogP contribution in [-0.4, -0.2) is 23.2 Å². The molecule has 0 saturated heterocycles. The molecule has 0 atom stereocenters. The lowest BCUT2D eigenvalue weighted by Crippen LogP contribution is -2.14. The molecule has 3 aromatic rings. The first-order chi connectivity index (χ1) is 12.5. The minimum absolute atomic E-state index is 0.217. The first kappa shape index (κ1) is 17.7. The SMILES string of the molecule is COc1ccc(Cl)cc1Nc1ccc(C(=O)Nc2ccc(C)cc2)nn1. The fraction of sp³-hybridized carbons (Fsp3) is 0.105. The number of methoxy groups -OCH3 is 1. The topological polar surface area (TPSA) is 76.1 Å². The molecule has 1 amide bonds. The molecule has 1 aromatic heterocycles. The summed E-state index contributed by atoms with van der Waals surface area (Å²) >= 11 is 6.01. The summed E-state index contributed by atoms with van der Waals surface area (Å²) in [7, 11) is 1.57. The number of aromatic nitrogens is 2. The van der Waals surface area contributed by atoms with Crippen molar-refractivity contribution in [2.24, 2.45) is 0 Å². The Morgan fingerprint density at radius 1 is 1.04 bits per heavy atom. The van der Waals surface area contributed by atoms with Crippen LogP contribution in [0.2, 0.25) is 5.02 Å². The van der Waals surface area contributed by atoms with Gasteiger partial charge in [-0.1, -0.05) is 29.3 Å². The molecule has 26 heavy (non-hydrogen) atoms. The number of ether oxygens (including phenoxy) is 1. The number of carbonyl (C=O) groups is 1. The van der Waals surface area contributed by atoms with Crippen molar-refractivity contribution in [2.45, 2.75) is 6.92 Å². The van der Waals surface area contributed by atoms with Crippen molar-refractivity contribution in [2.75, 3.05) is 17.7 Å². The van der Waals surface area contributed by atoms with Crippen molar-refractivity contribution in [3.8, 4) is 5.75 Å². The number of carbonyl (C=O) groups excluding carboxylic acids is 1. The number of benzene rings is 2. The second-order valence-electron chi connectivity index (χ2n) is 5.59. The average molecular weight is 369 g/mol. The molecule has 0 radical (unpaired) electrons. The van der Waals surface area contributed by atoms with E-state index in [2.05, 4.69) is 20.8 Å². The summed E-state index contributed by atoms with van der Waals surface area (Å²) in [6, 6.07) is 16.0. The largest absolute Gasteiger partial charge is 0.495 e. The van der Waals surface area contributed by atoms with Crippen LogP contribution in [0.3, 0.4) is 0 Å². The van der Waals surface area contributed by atoms with E-state index in [-0.39, 0.29) is 11.6 Å². The number of nitrogens with one attached hydrogen (secondary N) is 2. The van der Waals surface area contributed by atoms with Crippen LogP contribution in [0.25, 0.3) is 0 Å². The number of anilines is 3. The molecule has 0 saturated carbocycles. The van der Waals surface area contributed by atoms with Crippen LogP contribution in [0.5, 0.6) is 5.75 Å². The maximum Gasteiger partial charge on any atom is 0.276 e. The van der Waals surface area contributed by atoms with Gasteiger partial charge in [-0.3, -0.25) is 4.79 Å². The molecule has 6 nitrogen and oxygen atoms in total. The first-order valence-electron chi connectivity index (χ1n) is 7.87. The van der Waals surface area contributed by atoms with Crippen LogP contribution in [-0.2, 0) is 0 Å². The summed E-state index contributed by atoms with van der Waals surface area (Å²) in [6.45, 7) is 1.98. The zero-order valence-electron chi connectivity index (χ0n) is 14.3. The van der Waals surface area contributed by atoms with Crippen LogP contribution in [0, 0.1) is 6.92 Å². The second kappa shape index (κ2) is 7.84. The van der Waals surface area contributed by atoms with E-state index in [4.69, 9.17) is 16.3 Å². The normalized spacial score (nSPS) is 10.3. The third-order valence-corrected chi connectivity index (χ3v) is 3.87. The Labute approximate surface area is 156 Å². The van der Waals surface area contributed by atoms with Gasteiger partial charge < -0.3 is 15.4 Å². The fourth-order valence-corrected chi connectivity index (χ4v) is 2.44. The van der Waals surface area contributed by atoms with Crippen LogP contribution in [0.4, 0.5) is 17.2 Å². The van der Waals surface area contributed by atoms with E-state index in [0.29, 0.717) is 28.0 Å². The number of aryl methyl sites for hydroxylation is 1. The molecule has 1 heterocycles. The third kappa shape index (κ3) is 4.29. The van der Waals surface area contributed by atoms with E-state index in [9.17, 15) is 4.79 Å². The van der Waals surface area contributed by atoms with E-state index in [0.717, 1.165) is 5.56 Å². The van der Waals surface area contributed by atoms with E-state index >= 15 is 0 Å². The number of amides is 1. The lowest BCUT2D eigenvalue weighted by atomic mass is 10.2. The molecule has 2 aromatic carbocycles. The number of hydrogen-bond donors (Lipinski definition) is 2. The lowest BCUT2D eigenvalue weighted by molar-refractivity contribution is 0.102. The van der Waals surface area contributed by atoms with E-state index in [1.807, 2.05) is 31.2 Å². The number of nitrogens with zero attached hydrogens (tertiary/aromatic N) is 2. The highest BCUT2D eigenvalue weighted by Crippen LogP contribution is 2.29. The molecule has 0 spiro atoms. The average Bonchev–Trinajstić information content (AvgIpc) is 2.64. The number of halogens is 1. The monoisotopic (exact) mass is 368 g/mol.